The molecule has 0 aromatic heterocycles. The predicted molar refractivity (Wildman–Crippen MR) is 97.5 cm³/mol. The van der Waals surface area contributed by atoms with Crippen molar-refractivity contribution in [2.24, 2.45) is 0 Å². The average molecular weight is 340 g/mol. The Kier molecular flexibility index (Phi) is 6.57. The van der Waals surface area contributed by atoms with E-state index in [0.717, 1.165) is 12.0 Å². The Morgan fingerprint density at radius 1 is 0.960 bits per heavy atom. The van der Waals surface area contributed by atoms with Gasteiger partial charge in [0, 0.05) is 5.56 Å². The summed E-state index contributed by atoms with van der Waals surface area (Å²) < 4.78 is 5.38. The first-order valence-electron chi connectivity index (χ1n) is 8.40. The van der Waals surface area contributed by atoms with Gasteiger partial charge in [-0.25, -0.2) is 0 Å². The zero-order chi connectivity index (χ0) is 18.2. The fraction of sp³-hybridized carbons (Fsp3) is 0.300. The summed E-state index contributed by atoms with van der Waals surface area (Å²) in [6.45, 7) is 6.08. The summed E-state index contributed by atoms with van der Waals surface area (Å²) in [6.07, 6.45) is 0.949. The fourth-order valence-corrected chi connectivity index (χ4v) is 2.22. The van der Waals surface area contributed by atoms with Crippen molar-refractivity contribution in [1.29, 1.82) is 0 Å². The number of nitrogens with one attached hydrogen (secondary N) is 2. The summed E-state index contributed by atoms with van der Waals surface area (Å²) in [7, 11) is 0. The molecule has 2 N–H and O–H groups in total. The lowest BCUT2D eigenvalue weighted by Gasteiger charge is -2.10. The smallest absolute Gasteiger partial charge is 0.276 e. The average Bonchev–Trinajstić information content (AvgIpc) is 2.64. The Bertz CT molecular complexity index is 707. The maximum absolute atomic E-state index is 12.0. The van der Waals surface area contributed by atoms with Crippen LogP contribution in [0.15, 0.2) is 48.5 Å². The third-order valence-electron chi connectivity index (χ3n) is 3.86. The summed E-state index contributed by atoms with van der Waals surface area (Å²) in [5.74, 6) is 0.228. The normalized spacial score (nSPS) is 10.4. The van der Waals surface area contributed by atoms with Gasteiger partial charge in [0.25, 0.3) is 11.8 Å². The van der Waals surface area contributed by atoms with Crippen LogP contribution in [0.3, 0.4) is 0 Å². The van der Waals surface area contributed by atoms with Crippen molar-refractivity contribution in [3.8, 4) is 5.75 Å². The third-order valence-corrected chi connectivity index (χ3v) is 3.86. The highest BCUT2D eigenvalue weighted by atomic mass is 16.5. The molecule has 0 aliphatic rings. The predicted octanol–water partition coefficient (Wildman–Crippen LogP) is 3.21. The van der Waals surface area contributed by atoms with E-state index in [-0.39, 0.29) is 12.5 Å². The van der Waals surface area contributed by atoms with Crippen LogP contribution in [0.1, 0.15) is 48.2 Å². The SMILES string of the molecule is CCc1ccc(OCC(=O)NNC(=O)c2ccc(C(C)C)cc2)cc1. The molecule has 25 heavy (non-hydrogen) atoms. The van der Waals surface area contributed by atoms with E-state index in [0.29, 0.717) is 17.2 Å². The summed E-state index contributed by atoms with van der Waals surface area (Å²) >= 11 is 0. The topological polar surface area (TPSA) is 67.4 Å². The summed E-state index contributed by atoms with van der Waals surface area (Å²) in [5.41, 5.74) is 7.57. The number of hydrazine groups is 1. The minimum absolute atomic E-state index is 0.169. The molecule has 2 rings (SSSR count). The van der Waals surface area contributed by atoms with E-state index >= 15 is 0 Å². The number of aryl methyl sites for hydroxylation is 1. The molecular weight excluding hydrogens is 316 g/mol. The number of amides is 2. The molecule has 0 atom stereocenters. The lowest BCUT2D eigenvalue weighted by molar-refractivity contribution is -0.123. The summed E-state index contributed by atoms with van der Waals surface area (Å²) in [6, 6.07) is 14.8. The molecule has 0 aliphatic carbocycles. The van der Waals surface area contributed by atoms with Gasteiger partial charge < -0.3 is 4.74 Å². The molecule has 0 heterocycles. The van der Waals surface area contributed by atoms with Gasteiger partial charge in [-0.05, 0) is 47.7 Å². The Labute approximate surface area is 148 Å². The van der Waals surface area contributed by atoms with Crippen LogP contribution >= 0.6 is 0 Å². The molecule has 2 aromatic carbocycles. The van der Waals surface area contributed by atoms with E-state index in [2.05, 4.69) is 31.6 Å². The molecule has 0 aliphatic heterocycles. The van der Waals surface area contributed by atoms with E-state index in [1.807, 2.05) is 36.4 Å². The molecule has 0 spiro atoms. The van der Waals surface area contributed by atoms with Crippen molar-refractivity contribution in [2.75, 3.05) is 6.61 Å². The first-order valence-corrected chi connectivity index (χ1v) is 8.40. The van der Waals surface area contributed by atoms with Gasteiger partial charge in [-0.2, -0.15) is 0 Å². The highest BCUT2D eigenvalue weighted by Gasteiger charge is 2.08. The number of carbonyl (C=O) groups is 2. The Morgan fingerprint density at radius 2 is 1.60 bits per heavy atom. The molecule has 0 saturated carbocycles. The van der Waals surface area contributed by atoms with Gasteiger partial charge in [-0.1, -0.05) is 45.0 Å². The Balaban J connectivity index is 1.77. The van der Waals surface area contributed by atoms with Gasteiger partial charge in [0.2, 0.25) is 0 Å². The van der Waals surface area contributed by atoms with Crippen molar-refractivity contribution in [3.63, 3.8) is 0 Å². The summed E-state index contributed by atoms with van der Waals surface area (Å²) in [5, 5.41) is 0. The van der Waals surface area contributed by atoms with E-state index < -0.39 is 5.91 Å². The highest BCUT2D eigenvalue weighted by Crippen LogP contribution is 2.14. The van der Waals surface area contributed by atoms with Crippen molar-refractivity contribution in [2.45, 2.75) is 33.1 Å². The van der Waals surface area contributed by atoms with Crippen LogP contribution in [0.4, 0.5) is 0 Å². The van der Waals surface area contributed by atoms with Crippen LogP contribution in [0, 0.1) is 0 Å². The third kappa shape index (κ3) is 5.64. The number of benzene rings is 2. The molecule has 132 valence electrons. The van der Waals surface area contributed by atoms with Gasteiger partial charge in [0.15, 0.2) is 6.61 Å². The van der Waals surface area contributed by atoms with Crippen molar-refractivity contribution >= 4 is 11.8 Å². The Morgan fingerprint density at radius 3 is 2.16 bits per heavy atom. The quantitative estimate of drug-likeness (QED) is 0.794. The molecule has 2 amide bonds. The van der Waals surface area contributed by atoms with Gasteiger partial charge in [0.1, 0.15) is 5.75 Å². The lowest BCUT2D eigenvalue weighted by atomic mass is 10.0. The Hall–Kier alpha value is -2.82. The lowest BCUT2D eigenvalue weighted by Crippen LogP contribution is -2.43. The van der Waals surface area contributed by atoms with Crippen LogP contribution in [-0.2, 0) is 11.2 Å². The molecule has 0 bridgehead atoms. The van der Waals surface area contributed by atoms with Crippen LogP contribution in [-0.4, -0.2) is 18.4 Å². The van der Waals surface area contributed by atoms with Crippen LogP contribution in [0.25, 0.3) is 0 Å². The second-order valence-electron chi connectivity index (χ2n) is 6.07. The number of ether oxygens (including phenoxy) is 1. The van der Waals surface area contributed by atoms with Gasteiger partial charge in [0.05, 0.1) is 0 Å². The minimum Gasteiger partial charge on any atom is -0.484 e. The van der Waals surface area contributed by atoms with E-state index in [1.54, 1.807) is 12.1 Å². The van der Waals surface area contributed by atoms with Gasteiger partial charge in [-0.15, -0.1) is 0 Å². The second kappa shape index (κ2) is 8.87. The maximum Gasteiger partial charge on any atom is 0.276 e. The highest BCUT2D eigenvalue weighted by molar-refractivity contribution is 5.95. The first-order chi connectivity index (χ1) is 12.0. The number of hydrogen-bond acceptors (Lipinski definition) is 3. The van der Waals surface area contributed by atoms with Gasteiger partial charge in [-0.3, -0.25) is 20.4 Å². The molecule has 0 saturated heterocycles. The number of hydrogen-bond donors (Lipinski definition) is 2. The number of rotatable bonds is 6. The first kappa shape index (κ1) is 18.5. The molecule has 5 heteroatoms. The van der Waals surface area contributed by atoms with Crippen molar-refractivity contribution < 1.29 is 14.3 Å². The van der Waals surface area contributed by atoms with Crippen molar-refractivity contribution in [1.82, 2.24) is 10.9 Å². The van der Waals surface area contributed by atoms with Crippen LogP contribution in [0.5, 0.6) is 5.75 Å². The minimum atomic E-state index is -0.424. The summed E-state index contributed by atoms with van der Waals surface area (Å²) in [4.78, 5) is 23.8. The molecule has 0 radical (unpaired) electrons. The number of carbonyl (C=O) groups excluding carboxylic acids is 2. The maximum atomic E-state index is 12.0. The largest absolute Gasteiger partial charge is 0.484 e. The molecule has 0 unspecified atom stereocenters. The van der Waals surface area contributed by atoms with Gasteiger partial charge >= 0.3 is 0 Å². The standard InChI is InChI=1S/C20H24N2O3/c1-4-15-5-11-18(12-6-15)25-13-19(23)21-22-20(24)17-9-7-16(8-10-17)14(2)3/h5-12,14H,4,13H2,1-3H3,(H,21,23)(H,22,24). The fourth-order valence-electron chi connectivity index (χ4n) is 2.22. The molecular formula is C20H24N2O3. The van der Waals surface area contributed by atoms with E-state index in [1.165, 1.54) is 5.56 Å². The van der Waals surface area contributed by atoms with E-state index in [4.69, 9.17) is 4.74 Å². The van der Waals surface area contributed by atoms with E-state index in [9.17, 15) is 9.59 Å². The molecule has 5 nitrogen and oxygen atoms in total. The molecule has 2 aromatic rings. The monoisotopic (exact) mass is 340 g/mol. The zero-order valence-corrected chi connectivity index (χ0v) is 14.8. The molecule has 0 fully saturated rings. The van der Waals surface area contributed by atoms with Crippen LogP contribution in [0.2, 0.25) is 0 Å². The second-order valence-corrected chi connectivity index (χ2v) is 6.07. The zero-order valence-electron chi connectivity index (χ0n) is 14.8. The van der Waals surface area contributed by atoms with Crippen molar-refractivity contribution in [3.05, 3.63) is 65.2 Å². The van der Waals surface area contributed by atoms with Crippen LogP contribution < -0.4 is 15.6 Å².